The van der Waals surface area contributed by atoms with Crippen LogP contribution in [0.2, 0.25) is 0 Å². The maximum Gasteiger partial charge on any atom is 0.239 e. The molecule has 1 aliphatic rings. The first-order valence-electron chi connectivity index (χ1n) is 7.54. The molecule has 3 N–H and O–H groups in total. The van der Waals surface area contributed by atoms with Crippen LogP contribution in [-0.2, 0) is 16.6 Å². The summed E-state index contributed by atoms with van der Waals surface area (Å²) in [5.74, 6) is -0.348. The van der Waals surface area contributed by atoms with Crippen LogP contribution in [-0.4, -0.2) is 46.8 Å². The molecule has 7 nitrogen and oxygen atoms in total. The number of hydrogen-bond acceptors (Lipinski definition) is 4. The Hall–Kier alpha value is -1.89. The summed E-state index contributed by atoms with van der Waals surface area (Å²) in [6.45, 7) is 7.10. The zero-order chi connectivity index (χ0) is 16.3. The van der Waals surface area contributed by atoms with Gasteiger partial charge >= 0.3 is 0 Å². The molecule has 122 valence electrons. The third kappa shape index (κ3) is 4.30. The van der Waals surface area contributed by atoms with Crippen LogP contribution < -0.4 is 16.0 Å². The molecule has 0 unspecified atom stereocenters. The molecule has 22 heavy (non-hydrogen) atoms. The lowest BCUT2D eigenvalue weighted by Gasteiger charge is -2.21. The van der Waals surface area contributed by atoms with Gasteiger partial charge in [0.1, 0.15) is 0 Å². The highest BCUT2D eigenvalue weighted by Crippen LogP contribution is 2.27. The van der Waals surface area contributed by atoms with E-state index in [2.05, 4.69) is 21.0 Å². The summed E-state index contributed by atoms with van der Waals surface area (Å²) in [4.78, 5) is 24.1. The van der Waals surface area contributed by atoms with Gasteiger partial charge in [-0.3, -0.25) is 14.3 Å². The van der Waals surface area contributed by atoms with Crippen LogP contribution in [0.25, 0.3) is 0 Å². The van der Waals surface area contributed by atoms with E-state index < -0.39 is 0 Å². The van der Waals surface area contributed by atoms with E-state index in [0.29, 0.717) is 6.54 Å². The molecule has 1 aromatic heterocycles. The van der Waals surface area contributed by atoms with E-state index in [0.717, 1.165) is 12.1 Å². The van der Waals surface area contributed by atoms with Gasteiger partial charge in [-0.1, -0.05) is 0 Å². The Balaban J connectivity index is 1.90. The summed E-state index contributed by atoms with van der Waals surface area (Å²) in [6.07, 6.45) is 3.73. The SMILES string of the molecule is Cn1cc([C@H]2CNC[C@@H]2C(=O)NCC(=O)NC(C)(C)C)cn1. The third-order valence-corrected chi connectivity index (χ3v) is 3.64. The minimum absolute atomic E-state index is 0.00631. The first kappa shape index (κ1) is 16.5. The lowest BCUT2D eigenvalue weighted by molar-refractivity contribution is -0.129. The number of carbonyl (C=O) groups excluding carboxylic acids is 2. The van der Waals surface area contributed by atoms with Crippen molar-refractivity contribution in [1.82, 2.24) is 25.7 Å². The average molecular weight is 307 g/mol. The van der Waals surface area contributed by atoms with E-state index in [-0.39, 0.29) is 35.7 Å². The monoisotopic (exact) mass is 307 g/mol. The summed E-state index contributed by atoms with van der Waals surface area (Å²) in [5.41, 5.74) is 0.751. The molecule has 0 saturated carbocycles. The zero-order valence-electron chi connectivity index (χ0n) is 13.6. The van der Waals surface area contributed by atoms with Gasteiger partial charge in [0, 0.05) is 37.8 Å². The summed E-state index contributed by atoms with van der Waals surface area (Å²) in [6, 6.07) is 0. The van der Waals surface area contributed by atoms with Crippen LogP contribution in [0.4, 0.5) is 0 Å². The Bertz CT molecular complexity index is 546. The quantitative estimate of drug-likeness (QED) is 0.716. The van der Waals surface area contributed by atoms with Crippen LogP contribution in [0, 0.1) is 5.92 Å². The molecular formula is C15H25N5O2. The van der Waals surface area contributed by atoms with Crippen molar-refractivity contribution in [3.8, 4) is 0 Å². The third-order valence-electron chi connectivity index (χ3n) is 3.64. The van der Waals surface area contributed by atoms with Crippen molar-refractivity contribution in [2.75, 3.05) is 19.6 Å². The minimum atomic E-state index is -0.297. The predicted octanol–water partition coefficient (Wildman–Crippen LogP) is -0.246. The largest absolute Gasteiger partial charge is 0.350 e. The lowest BCUT2D eigenvalue weighted by atomic mass is 9.90. The molecule has 1 aromatic rings. The van der Waals surface area contributed by atoms with Crippen LogP contribution in [0.1, 0.15) is 32.3 Å². The lowest BCUT2D eigenvalue weighted by Crippen LogP contribution is -2.47. The summed E-state index contributed by atoms with van der Waals surface area (Å²) in [7, 11) is 1.86. The number of aryl methyl sites for hydroxylation is 1. The summed E-state index contributed by atoms with van der Waals surface area (Å²) < 4.78 is 1.74. The molecule has 0 bridgehead atoms. The van der Waals surface area contributed by atoms with Crippen molar-refractivity contribution in [1.29, 1.82) is 0 Å². The Kier molecular flexibility index (Phi) is 4.85. The number of amides is 2. The molecule has 1 aliphatic heterocycles. The number of rotatable bonds is 4. The Morgan fingerprint density at radius 3 is 2.73 bits per heavy atom. The van der Waals surface area contributed by atoms with Crippen molar-refractivity contribution in [2.24, 2.45) is 13.0 Å². The molecule has 0 aliphatic carbocycles. The molecule has 2 heterocycles. The van der Waals surface area contributed by atoms with E-state index >= 15 is 0 Å². The second kappa shape index (κ2) is 6.48. The fourth-order valence-electron chi connectivity index (χ4n) is 2.70. The highest BCUT2D eigenvalue weighted by Gasteiger charge is 2.34. The second-order valence-corrected chi connectivity index (χ2v) is 6.83. The van der Waals surface area contributed by atoms with Gasteiger partial charge in [-0.15, -0.1) is 0 Å². The average Bonchev–Trinajstić information content (AvgIpc) is 3.01. The van der Waals surface area contributed by atoms with Gasteiger partial charge in [0.2, 0.25) is 11.8 Å². The summed E-state index contributed by atoms with van der Waals surface area (Å²) >= 11 is 0. The molecule has 2 rings (SSSR count). The molecule has 7 heteroatoms. The van der Waals surface area contributed by atoms with Crippen molar-refractivity contribution >= 4 is 11.8 Å². The number of nitrogens with zero attached hydrogens (tertiary/aromatic N) is 2. The van der Waals surface area contributed by atoms with Crippen LogP contribution in [0.5, 0.6) is 0 Å². The molecule has 2 atom stereocenters. The van der Waals surface area contributed by atoms with Gasteiger partial charge in [0.25, 0.3) is 0 Å². The maximum atomic E-state index is 12.3. The van der Waals surface area contributed by atoms with Gasteiger partial charge in [-0.25, -0.2) is 0 Å². The predicted molar refractivity (Wildman–Crippen MR) is 83.2 cm³/mol. The van der Waals surface area contributed by atoms with Crippen molar-refractivity contribution in [2.45, 2.75) is 32.2 Å². The van der Waals surface area contributed by atoms with Crippen LogP contribution in [0.3, 0.4) is 0 Å². The number of aromatic nitrogens is 2. The second-order valence-electron chi connectivity index (χ2n) is 6.83. The molecule has 0 radical (unpaired) electrons. The van der Waals surface area contributed by atoms with Crippen molar-refractivity contribution in [3.05, 3.63) is 18.0 Å². The Labute approximate surface area is 130 Å². The Morgan fingerprint density at radius 2 is 2.14 bits per heavy atom. The number of nitrogens with one attached hydrogen (secondary N) is 3. The highest BCUT2D eigenvalue weighted by molar-refractivity contribution is 5.86. The number of carbonyl (C=O) groups is 2. The first-order valence-corrected chi connectivity index (χ1v) is 7.54. The summed E-state index contributed by atoms with van der Waals surface area (Å²) in [5, 5.41) is 13.0. The van der Waals surface area contributed by atoms with Gasteiger partial charge < -0.3 is 16.0 Å². The highest BCUT2D eigenvalue weighted by atomic mass is 16.2. The van der Waals surface area contributed by atoms with Crippen LogP contribution in [0.15, 0.2) is 12.4 Å². The van der Waals surface area contributed by atoms with Gasteiger partial charge in [-0.2, -0.15) is 5.10 Å². The van der Waals surface area contributed by atoms with Crippen molar-refractivity contribution in [3.63, 3.8) is 0 Å². The molecule has 2 amide bonds. The molecule has 1 saturated heterocycles. The normalized spacial score (nSPS) is 21.6. The number of hydrogen-bond donors (Lipinski definition) is 3. The van der Waals surface area contributed by atoms with E-state index in [9.17, 15) is 9.59 Å². The topological polar surface area (TPSA) is 88.0 Å². The van der Waals surface area contributed by atoms with Crippen LogP contribution >= 0.6 is 0 Å². The van der Waals surface area contributed by atoms with E-state index in [1.54, 1.807) is 10.9 Å². The van der Waals surface area contributed by atoms with E-state index in [1.807, 2.05) is 34.0 Å². The fourth-order valence-corrected chi connectivity index (χ4v) is 2.70. The van der Waals surface area contributed by atoms with Gasteiger partial charge in [0.15, 0.2) is 0 Å². The molecule has 0 aromatic carbocycles. The Morgan fingerprint density at radius 1 is 1.41 bits per heavy atom. The van der Waals surface area contributed by atoms with E-state index in [4.69, 9.17) is 0 Å². The van der Waals surface area contributed by atoms with Gasteiger partial charge in [0.05, 0.1) is 18.7 Å². The fraction of sp³-hybridized carbons (Fsp3) is 0.667. The smallest absolute Gasteiger partial charge is 0.239 e. The first-order chi connectivity index (χ1) is 10.3. The molecule has 0 spiro atoms. The maximum absolute atomic E-state index is 12.3. The standard InChI is InChI=1S/C15H25N5O2/c1-15(2,3)19-13(21)8-17-14(22)12-7-16-6-11(12)10-5-18-20(4)9-10/h5,9,11-12,16H,6-8H2,1-4H3,(H,17,22)(H,19,21)/t11-,12+/m1/s1. The van der Waals surface area contributed by atoms with E-state index in [1.165, 1.54) is 0 Å². The molecular weight excluding hydrogens is 282 g/mol. The van der Waals surface area contributed by atoms with Crippen molar-refractivity contribution < 1.29 is 9.59 Å². The zero-order valence-corrected chi connectivity index (χ0v) is 13.6. The minimum Gasteiger partial charge on any atom is -0.350 e. The molecule has 1 fully saturated rings. The van der Waals surface area contributed by atoms with Gasteiger partial charge in [-0.05, 0) is 26.3 Å².